The van der Waals surface area contributed by atoms with Crippen molar-refractivity contribution in [3.05, 3.63) is 65.4 Å². The van der Waals surface area contributed by atoms with Crippen LogP contribution in [0.4, 0.5) is 11.4 Å². The van der Waals surface area contributed by atoms with Crippen LogP contribution in [0.5, 0.6) is 0 Å². The first-order valence-corrected chi connectivity index (χ1v) is 13.5. The van der Waals surface area contributed by atoms with Gasteiger partial charge in [0.25, 0.3) is 0 Å². The van der Waals surface area contributed by atoms with Crippen LogP contribution in [-0.2, 0) is 14.3 Å². The highest BCUT2D eigenvalue weighted by Gasteiger charge is 2.42. The molecular weight excluding hydrogens is 458 g/mol. The molecule has 2 aliphatic heterocycles. The van der Waals surface area contributed by atoms with Crippen molar-refractivity contribution in [2.75, 3.05) is 49.3 Å². The fourth-order valence-corrected chi connectivity index (χ4v) is 5.83. The molecule has 1 saturated heterocycles. The Morgan fingerprint density at radius 3 is 2.51 bits per heavy atom. The first-order valence-electron chi connectivity index (χ1n) is 12.2. The molecule has 5 rings (SSSR count). The van der Waals surface area contributed by atoms with Gasteiger partial charge >= 0.3 is 0 Å². The van der Waals surface area contributed by atoms with Gasteiger partial charge in [-0.25, -0.2) is 0 Å². The van der Waals surface area contributed by atoms with E-state index in [1.165, 1.54) is 4.90 Å². The maximum absolute atomic E-state index is 13.7. The van der Waals surface area contributed by atoms with Crippen LogP contribution < -0.4 is 10.2 Å². The molecule has 35 heavy (non-hydrogen) atoms. The van der Waals surface area contributed by atoms with E-state index in [1.54, 1.807) is 11.8 Å². The number of hydrogen-bond donors (Lipinski definition) is 1. The molecule has 0 spiro atoms. The van der Waals surface area contributed by atoms with Crippen LogP contribution >= 0.6 is 11.8 Å². The number of allylic oxidation sites excluding steroid dienone is 1. The van der Waals surface area contributed by atoms with E-state index in [1.807, 2.05) is 29.2 Å². The van der Waals surface area contributed by atoms with Gasteiger partial charge in [0.2, 0.25) is 5.91 Å². The normalized spacial score (nSPS) is 21.7. The molecule has 1 atom stereocenters. The van der Waals surface area contributed by atoms with Gasteiger partial charge in [-0.3, -0.25) is 9.59 Å². The highest BCUT2D eigenvalue weighted by atomic mass is 32.2. The molecule has 0 aromatic heterocycles. The van der Waals surface area contributed by atoms with Crippen LogP contribution in [0, 0.1) is 5.41 Å². The van der Waals surface area contributed by atoms with Gasteiger partial charge < -0.3 is 19.9 Å². The molecule has 7 heteroatoms. The van der Waals surface area contributed by atoms with Crippen molar-refractivity contribution in [2.24, 2.45) is 5.41 Å². The maximum Gasteiger partial charge on any atom is 0.242 e. The number of carbonyl (C=O) groups is 2. The van der Waals surface area contributed by atoms with Crippen LogP contribution in [0.15, 0.2) is 64.7 Å². The number of Topliss-reactive ketones (excluding diaryl/α,β-unsaturated/α-hetero) is 1. The summed E-state index contributed by atoms with van der Waals surface area (Å²) in [6.45, 7) is 6.81. The number of ketones is 1. The number of morpholine rings is 1. The molecule has 1 aliphatic carbocycles. The third-order valence-corrected chi connectivity index (χ3v) is 7.85. The molecule has 2 aromatic rings. The number of carbonyl (C=O) groups excluding carboxylic acids is 2. The Morgan fingerprint density at radius 1 is 1.09 bits per heavy atom. The second-order valence-corrected chi connectivity index (χ2v) is 11.2. The summed E-state index contributed by atoms with van der Waals surface area (Å²) in [6.07, 6.45) is 3.34. The van der Waals surface area contributed by atoms with Gasteiger partial charge in [-0.1, -0.05) is 38.1 Å². The first-order chi connectivity index (χ1) is 16.9. The Kier molecular flexibility index (Phi) is 6.64. The monoisotopic (exact) mass is 491 g/mol. The molecule has 0 unspecified atom stereocenters. The number of nitrogens with zero attached hydrogens (tertiary/aromatic N) is 2. The predicted molar refractivity (Wildman–Crippen MR) is 141 cm³/mol. The van der Waals surface area contributed by atoms with E-state index in [4.69, 9.17) is 4.74 Å². The molecule has 184 valence electrons. The first kappa shape index (κ1) is 23.9. The Balaban J connectivity index is 1.65. The lowest BCUT2D eigenvalue weighted by Crippen LogP contribution is -2.47. The number of anilines is 2. The second-order valence-electron chi connectivity index (χ2n) is 10.3. The summed E-state index contributed by atoms with van der Waals surface area (Å²) in [5.41, 5.74) is 4.53. The van der Waals surface area contributed by atoms with E-state index in [2.05, 4.69) is 54.6 Å². The smallest absolute Gasteiger partial charge is 0.242 e. The molecule has 1 N–H and O–H groups in total. The summed E-state index contributed by atoms with van der Waals surface area (Å²) in [5, 5.41) is 3.62. The highest BCUT2D eigenvalue weighted by Crippen LogP contribution is 2.48. The number of nitrogens with one attached hydrogen (secondary N) is 1. The minimum Gasteiger partial charge on any atom is -0.378 e. The third kappa shape index (κ3) is 4.84. The highest BCUT2D eigenvalue weighted by molar-refractivity contribution is 7.98. The molecule has 1 fully saturated rings. The van der Waals surface area contributed by atoms with Gasteiger partial charge in [0.15, 0.2) is 5.78 Å². The van der Waals surface area contributed by atoms with Crippen LogP contribution in [0.2, 0.25) is 0 Å². The van der Waals surface area contributed by atoms with Crippen molar-refractivity contribution in [3.63, 3.8) is 0 Å². The number of benzene rings is 2. The van der Waals surface area contributed by atoms with E-state index in [0.717, 1.165) is 34.6 Å². The van der Waals surface area contributed by atoms with Crippen molar-refractivity contribution >= 4 is 34.8 Å². The Bertz CT molecular complexity index is 1150. The minimum absolute atomic E-state index is 0.0569. The average molecular weight is 492 g/mol. The van der Waals surface area contributed by atoms with E-state index in [0.29, 0.717) is 32.7 Å². The summed E-state index contributed by atoms with van der Waals surface area (Å²) < 4.78 is 5.46. The SMILES string of the molecule is CSc1ccc([C@H]2C3=C(CC(C)(C)CC3=O)Nc3ccccc3N2CC(=O)N2CCOCC2)cc1. The number of amides is 1. The van der Waals surface area contributed by atoms with Crippen molar-refractivity contribution in [1.29, 1.82) is 0 Å². The van der Waals surface area contributed by atoms with Gasteiger partial charge in [-0.05, 0) is 47.9 Å². The van der Waals surface area contributed by atoms with Crippen LogP contribution in [0.3, 0.4) is 0 Å². The van der Waals surface area contributed by atoms with Gasteiger partial charge in [0.1, 0.15) is 0 Å². The Hall–Kier alpha value is -2.77. The topological polar surface area (TPSA) is 61.9 Å². The van der Waals surface area contributed by atoms with Gasteiger partial charge in [-0.15, -0.1) is 11.8 Å². The molecule has 2 aromatic carbocycles. The number of para-hydroxylation sites is 2. The van der Waals surface area contributed by atoms with E-state index in [-0.39, 0.29) is 29.7 Å². The maximum atomic E-state index is 13.7. The zero-order valence-electron chi connectivity index (χ0n) is 20.7. The predicted octanol–water partition coefficient (Wildman–Crippen LogP) is 4.88. The number of thioether (sulfide) groups is 1. The quantitative estimate of drug-likeness (QED) is 0.615. The Morgan fingerprint density at radius 2 is 1.80 bits per heavy atom. The van der Waals surface area contributed by atoms with E-state index in [9.17, 15) is 9.59 Å². The molecule has 6 nitrogen and oxygen atoms in total. The van der Waals surface area contributed by atoms with Gasteiger partial charge in [-0.2, -0.15) is 0 Å². The lowest BCUT2D eigenvalue weighted by Gasteiger charge is -2.39. The summed E-state index contributed by atoms with van der Waals surface area (Å²) in [6, 6.07) is 16.2. The van der Waals surface area contributed by atoms with Crippen molar-refractivity contribution < 1.29 is 14.3 Å². The zero-order chi connectivity index (χ0) is 24.6. The summed E-state index contributed by atoms with van der Waals surface area (Å²) in [7, 11) is 0. The molecule has 0 bridgehead atoms. The third-order valence-electron chi connectivity index (χ3n) is 7.11. The summed E-state index contributed by atoms with van der Waals surface area (Å²) >= 11 is 1.69. The van der Waals surface area contributed by atoms with Gasteiger partial charge in [0, 0.05) is 35.7 Å². The lowest BCUT2D eigenvalue weighted by atomic mass is 9.73. The van der Waals surface area contributed by atoms with E-state index >= 15 is 0 Å². The standard InChI is InChI=1S/C28H33N3O3S/c1-28(2)16-22-26(24(32)17-28)27(19-8-10-20(35-3)11-9-19)31(23-7-5-4-6-21(23)29-22)18-25(33)30-12-14-34-15-13-30/h4-11,27,29H,12-18H2,1-3H3/t27-/m0/s1. The fourth-order valence-electron chi connectivity index (χ4n) is 5.42. The van der Waals surface area contributed by atoms with Gasteiger partial charge in [0.05, 0.1) is 37.2 Å². The van der Waals surface area contributed by atoms with Crippen LogP contribution in [-0.4, -0.2) is 55.7 Å². The molecule has 0 radical (unpaired) electrons. The molecule has 2 heterocycles. The number of hydrogen-bond acceptors (Lipinski definition) is 6. The Labute approximate surface area is 211 Å². The summed E-state index contributed by atoms with van der Waals surface area (Å²) in [5.74, 6) is 0.209. The minimum atomic E-state index is -0.342. The average Bonchev–Trinajstić information content (AvgIpc) is 2.98. The molecule has 0 saturated carbocycles. The van der Waals surface area contributed by atoms with Crippen LogP contribution in [0.25, 0.3) is 0 Å². The zero-order valence-corrected chi connectivity index (χ0v) is 21.5. The number of rotatable bonds is 4. The van der Waals surface area contributed by atoms with Crippen LogP contribution in [0.1, 0.15) is 38.3 Å². The largest absolute Gasteiger partial charge is 0.378 e. The molecular formula is C28H33N3O3S. The van der Waals surface area contributed by atoms with Crippen molar-refractivity contribution in [2.45, 2.75) is 37.6 Å². The van der Waals surface area contributed by atoms with E-state index < -0.39 is 0 Å². The second kappa shape index (κ2) is 9.70. The molecule has 1 amide bonds. The van der Waals surface area contributed by atoms with Crippen molar-refractivity contribution in [3.8, 4) is 0 Å². The molecule has 3 aliphatic rings. The lowest BCUT2D eigenvalue weighted by molar-refractivity contribution is -0.133. The van der Waals surface area contributed by atoms with Crippen molar-refractivity contribution in [1.82, 2.24) is 4.90 Å². The fraction of sp³-hybridized carbons (Fsp3) is 0.429. The summed E-state index contributed by atoms with van der Waals surface area (Å²) in [4.78, 5) is 32.4. The number of fused-ring (bicyclic) bond motifs is 1. The number of ether oxygens (including phenoxy) is 1.